The highest BCUT2D eigenvalue weighted by Gasteiger charge is 2.53. The normalized spacial score (nSPS) is 32.9. The number of nitrogens with two attached hydrogens (primary N) is 1. The van der Waals surface area contributed by atoms with E-state index in [4.69, 9.17) is 10.5 Å². The molecule has 0 spiro atoms. The highest BCUT2D eigenvalue weighted by atomic mass is 127. The molecule has 0 radical (unpaired) electrons. The van der Waals surface area contributed by atoms with Gasteiger partial charge in [-0.15, -0.1) is 0 Å². The number of hydrogen-bond donors (Lipinski definition) is 2. The fourth-order valence-corrected chi connectivity index (χ4v) is 3.64. The highest BCUT2D eigenvalue weighted by Crippen LogP contribution is 2.48. The summed E-state index contributed by atoms with van der Waals surface area (Å²) in [6.07, 6.45) is -0.0123. The summed E-state index contributed by atoms with van der Waals surface area (Å²) in [5.74, 6) is -0.0825. The average Bonchev–Trinajstić information content (AvgIpc) is 2.87. The van der Waals surface area contributed by atoms with Crippen molar-refractivity contribution in [3.8, 4) is 0 Å². The average molecular weight is 406 g/mol. The van der Waals surface area contributed by atoms with Crippen molar-refractivity contribution in [3.63, 3.8) is 0 Å². The minimum Gasteiger partial charge on any atom is -0.394 e. The van der Waals surface area contributed by atoms with Crippen LogP contribution in [0.25, 0.3) is 5.52 Å². The molecule has 21 heavy (non-hydrogen) atoms. The van der Waals surface area contributed by atoms with Crippen molar-refractivity contribution in [1.82, 2.24) is 14.6 Å². The number of nitrogens with zero attached hydrogens (tertiary/aromatic N) is 3. The zero-order valence-corrected chi connectivity index (χ0v) is 13.8. The Morgan fingerprint density at radius 3 is 2.95 bits per heavy atom. The van der Waals surface area contributed by atoms with Gasteiger partial charge in [-0.3, -0.25) is 0 Å². The van der Waals surface area contributed by atoms with Crippen LogP contribution >= 0.6 is 22.6 Å². The predicted octanol–water partition coefficient (Wildman–Crippen LogP) is 1.71. The molecular formula is C13H16FIN4O2. The van der Waals surface area contributed by atoms with E-state index in [-0.39, 0.29) is 6.61 Å². The fraction of sp³-hybridized carbons (Fsp3) is 0.538. The Kier molecular flexibility index (Phi) is 3.57. The third-order valence-corrected chi connectivity index (χ3v) is 5.11. The molecule has 0 saturated carbocycles. The lowest BCUT2D eigenvalue weighted by molar-refractivity contribution is -0.0200. The number of alkyl halides is 1. The third kappa shape index (κ3) is 2.11. The van der Waals surface area contributed by atoms with Gasteiger partial charge in [-0.25, -0.2) is 13.9 Å². The predicted molar refractivity (Wildman–Crippen MR) is 83.5 cm³/mol. The first-order valence-electron chi connectivity index (χ1n) is 6.60. The second kappa shape index (κ2) is 5.03. The van der Waals surface area contributed by atoms with Gasteiger partial charge in [0.25, 0.3) is 0 Å². The van der Waals surface area contributed by atoms with Gasteiger partial charge in [0, 0.05) is 9.49 Å². The molecule has 6 nitrogen and oxygen atoms in total. The Morgan fingerprint density at radius 2 is 2.33 bits per heavy atom. The van der Waals surface area contributed by atoms with E-state index in [2.05, 4.69) is 32.7 Å². The van der Waals surface area contributed by atoms with Crippen LogP contribution in [0.1, 0.15) is 25.6 Å². The number of aromatic nitrogens is 3. The van der Waals surface area contributed by atoms with Crippen LogP contribution in [0.3, 0.4) is 0 Å². The Hall–Kier alpha value is -1.00. The number of anilines is 1. The lowest BCUT2D eigenvalue weighted by Gasteiger charge is -2.24. The molecule has 4 atom stereocenters. The number of aliphatic hydroxyl groups is 1. The van der Waals surface area contributed by atoms with Gasteiger partial charge in [-0.05, 0) is 35.6 Å². The molecule has 3 rings (SSSR count). The molecule has 0 amide bonds. The molecule has 0 aromatic carbocycles. The maximum atomic E-state index is 15.1. The molecule has 0 aliphatic carbocycles. The number of ether oxygens (including phenoxy) is 1. The number of hydrogen-bond acceptors (Lipinski definition) is 5. The molecule has 3 heterocycles. The molecule has 8 heteroatoms. The second-order valence-electron chi connectivity index (χ2n) is 5.50. The summed E-state index contributed by atoms with van der Waals surface area (Å²) in [5, 5.41) is 13.5. The number of aliphatic hydroxyl groups excluding tert-OH is 1. The van der Waals surface area contributed by atoms with Gasteiger partial charge in [0.05, 0.1) is 18.4 Å². The van der Waals surface area contributed by atoms with Crippen LogP contribution in [0.2, 0.25) is 0 Å². The van der Waals surface area contributed by atoms with E-state index in [0.29, 0.717) is 17.0 Å². The lowest BCUT2D eigenvalue weighted by Crippen LogP contribution is -2.32. The van der Waals surface area contributed by atoms with Crippen LogP contribution in [-0.2, 0) is 4.74 Å². The van der Waals surface area contributed by atoms with Crippen LogP contribution in [0.15, 0.2) is 12.4 Å². The van der Waals surface area contributed by atoms with Crippen LogP contribution < -0.4 is 5.73 Å². The van der Waals surface area contributed by atoms with Gasteiger partial charge in [0.2, 0.25) is 0 Å². The molecule has 114 valence electrons. The van der Waals surface area contributed by atoms with Crippen molar-refractivity contribution >= 4 is 33.9 Å². The summed E-state index contributed by atoms with van der Waals surface area (Å²) in [6, 6.07) is 1.80. The van der Waals surface area contributed by atoms with Crippen LogP contribution in [0, 0.1) is 9.49 Å². The van der Waals surface area contributed by atoms with Gasteiger partial charge in [0.15, 0.2) is 5.82 Å². The summed E-state index contributed by atoms with van der Waals surface area (Å²) >= 11 is 2.11. The maximum Gasteiger partial charge on any atom is 0.152 e. The zero-order chi connectivity index (χ0) is 15.4. The quantitative estimate of drug-likeness (QED) is 0.742. The summed E-state index contributed by atoms with van der Waals surface area (Å²) in [4.78, 5) is 3.96. The molecule has 0 unspecified atom stereocenters. The van der Waals surface area contributed by atoms with E-state index in [9.17, 15) is 5.11 Å². The fourth-order valence-electron chi connectivity index (χ4n) is 2.82. The standard InChI is InChI=1S/C13H16FIN4O2/c1-6-9(4-20)21-11(13(6,2)14)8-3-7(15)10-12(16)17-5-18-19(8)10/h3,5-6,9,11,20H,4H2,1-2H3,(H2,16,17,18)/t6-,9-,11+,13-/m1/s1. The molecular weight excluding hydrogens is 390 g/mol. The molecule has 1 aliphatic rings. The summed E-state index contributed by atoms with van der Waals surface area (Å²) < 4.78 is 23.2. The molecule has 1 fully saturated rings. The van der Waals surface area contributed by atoms with Crippen molar-refractivity contribution in [2.45, 2.75) is 31.7 Å². The molecule has 1 aliphatic heterocycles. The first-order valence-corrected chi connectivity index (χ1v) is 7.68. The third-order valence-electron chi connectivity index (χ3n) is 4.28. The van der Waals surface area contributed by atoms with Gasteiger partial charge >= 0.3 is 0 Å². The SMILES string of the molecule is C[C@@H]1[C@@H](CO)O[C@@H](c2cc(I)c3c(N)ncnn23)[C@]1(C)F. The van der Waals surface area contributed by atoms with E-state index in [1.54, 1.807) is 17.5 Å². The van der Waals surface area contributed by atoms with Crippen LogP contribution in [-0.4, -0.2) is 38.1 Å². The molecule has 0 bridgehead atoms. The van der Waals surface area contributed by atoms with E-state index in [1.165, 1.54) is 13.3 Å². The van der Waals surface area contributed by atoms with E-state index in [0.717, 1.165) is 3.57 Å². The smallest absolute Gasteiger partial charge is 0.152 e. The van der Waals surface area contributed by atoms with E-state index < -0.39 is 23.8 Å². The molecule has 2 aromatic rings. The topological polar surface area (TPSA) is 85.7 Å². The molecule has 2 aromatic heterocycles. The van der Waals surface area contributed by atoms with Gasteiger partial charge in [-0.1, -0.05) is 6.92 Å². The summed E-state index contributed by atoms with van der Waals surface area (Å²) in [6.45, 7) is 3.02. The Balaban J connectivity index is 2.15. The van der Waals surface area contributed by atoms with Crippen molar-refractivity contribution in [2.24, 2.45) is 5.92 Å². The van der Waals surface area contributed by atoms with Gasteiger partial charge < -0.3 is 15.6 Å². The largest absolute Gasteiger partial charge is 0.394 e. The van der Waals surface area contributed by atoms with Crippen molar-refractivity contribution in [3.05, 3.63) is 21.7 Å². The Labute approximate surface area is 134 Å². The van der Waals surface area contributed by atoms with Crippen LogP contribution in [0.4, 0.5) is 10.2 Å². The Bertz CT molecular complexity index is 690. The van der Waals surface area contributed by atoms with Gasteiger partial charge in [-0.2, -0.15) is 5.10 Å². The summed E-state index contributed by atoms with van der Waals surface area (Å²) in [7, 11) is 0. The maximum absolute atomic E-state index is 15.1. The minimum absolute atomic E-state index is 0.214. The first kappa shape index (κ1) is 14.9. The lowest BCUT2D eigenvalue weighted by atomic mass is 9.86. The van der Waals surface area contributed by atoms with Crippen molar-refractivity contribution < 1.29 is 14.2 Å². The molecule has 1 saturated heterocycles. The van der Waals surface area contributed by atoms with E-state index >= 15 is 4.39 Å². The van der Waals surface area contributed by atoms with Crippen LogP contribution in [0.5, 0.6) is 0 Å². The zero-order valence-electron chi connectivity index (χ0n) is 11.6. The van der Waals surface area contributed by atoms with E-state index in [1.807, 2.05) is 0 Å². The van der Waals surface area contributed by atoms with Crippen molar-refractivity contribution in [1.29, 1.82) is 0 Å². The second-order valence-corrected chi connectivity index (χ2v) is 6.66. The molecule has 3 N–H and O–H groups in total. The Morgan fingerprint density at radius 1 is 1.62 bits per heavy atom. The number of nitrogen functional groups attached to an aromatic ring is 1. The number of halogens is 2. The number of rotatable bonds is 2. The monoisotopic (exact) mass is 406 g/mol. The highest BCUT2D eigenvalue weighted by molar-refractivity contribution is 14.1. The van der Waals surface area contributed by atoms with Crippen molar-refractivity contribution in [2.75, 3.05) is 12.3 Å². The minimum atomic E-state index is -1.61. The number of fused-ring (bicyclic) bond motifs is 1. The summed E-state index contributed by atoms with van der Waals surface area (Å²) in [5.41, 5.74) is 5.49. The first-order chi connectivity index (χ1) is 9.87. The van der Waals surface area contributed by atoms with Gasteiger partial charge in [0.1, 0.15) is 23.6 Å².